The van der Waals surface area contributed by atoms with Gasteiger partial charge in [0.25, 0.3) is 0 Å². The molecule has 1 fully saturated rings. The highest BCUT2D eigenvalue weighted by atomic mass is 79.9. The third kappa shape index (κ3) is 2.00. The molecule has 1 aromatic rings. The van der Waals surface area contributed by atoms with Gasteiger partial charge in [-0.1, -0.05) is 0 Å². The maximum Gasteiger partial charge on any atom is 0.125 e. The smallest absolute Gasteiger partial charge is 0.125 e. The van der Waals surface area contributed by atoms with Gasteiger partial charge in [0.1, 0.15) is 10.6 Å². The molecule has 5 heteroatoms. The highest BCUT2D eigenvalue weighted by Crippen LogP contribution is 2.39. The van der Waals surface area contributed by atoms with Gasteiger partial charge < -0.3 is 10.2 Å². The van der Waals surface area contributed by atoms with E-state index >= 15 is 0 Å². The Bertz CT molecular complexity index is 320. The number of aliphatic hydroxyl groups excluding tert-OH is 1. The lowest BCUT2D eigenvalue weighted by molar-refractivity contribution is -0.0362. The maximum absolute atomic E-state index is 10.3. The van der Waals surface area contributed by atoms with Gasteiger partial charge in [0.05, 0.1) is 16.1 Å². The van der Waals surface area contributed by atoms with Crippen LogP contribution >= 0.6 is 27.3 Å². The third-order valence-electron chi connectivity index (χ3n) is 2.66. The fourth-order valence-corrected chi connectivity index (χ4v) is 3.12. The van der Waals surface area contributed by atoms with Crippen LogP contribution in [0.2, 0.25) is 0 Å². The average molecular weight is 278 g/mol. The van der Waals surface area contributed by atoms with Gasteiger partial charge in [-0.25, -0.2) is 4.98 Å². The Morgan fingerprint density at radius 1 is 1.50 bits per heavy atom. The van der Waals surface area contributed by atoms with E-state index in [1.54, 1.807) is 6.20 Å². The predicted molar refractivity (Wildman–Crippen MR) is 58.2 cm³/mol. The zero-order valence-corrected chi connectivity index (χ0v) is 10.0. The van der Waals surface area contributed by atoms with Crippen LogP contribution in [0.4, 0.5) is 0 Å². The molecule has 2 N–H and O–H groups in total. The molecule has 0 aromatic carbocycles. The minimum absolute atomic E-state index is 0.251. The van der Waals surface area contributed by atoms with Crippen molar-refractivity contribution in [2.45, 2.75) is 37.4 Å². The van der Waals surface area contributed by atoms with Crippen LogP contribution in [0.1, 0.15) is 30.7 Å². The molecule has 1 aliphatic carbocycles. The molecule has 0 unspecified atom stereocenters. The van der Waals surface area contributed by atoms with Crippen LogP contribution in [0.15, 0.2) is 9.98 Å². The van der Waals surface area contributed by atoms with Gasteiger partial charge in [0.15, 0.2) is 0 Å². The summed E-state index contributed by atoms with van der Waals surface area (Å²) >= 11 is 4.80. The second-order valence-electron chi connectivity index (χ2n) is 3.73. The molecule has 3 nitrogen and oxygen atoms in total. The van der Waals surface area contributed by atoms with E-state index in [9.17, 15) is 10.2 Å². The predicted octanol–water partition coefficient (Wildman–Crippen LogP) is 2.03. The molecule has 1 saturated carbocycles. The number of hydrogen-bond acceptors (Lipinski definition) is 4. The Balaban J connectivity index is 2.16. The number of halogens is 1. The maximum atomic E-state index is 10.3. The molecule has 2 rings (SSSR count). The first-order valence-corrected chi connectivity index (χ1v) is 6.23. The third-order valence-corrected chi connectivity index (χ3v) is 4.33. The van der Waals surface area contributed by atoms with Crippen LogP contribution in [0, 0.1) is 0 Å². The fraction of sp³-hybridized carbons (Fsp3) is 0.667. The first-order chi connectivity index (χ1) is 6.60. The van der Waals surface area contributed by atoms with Gasteiger partial charge in [-0.05, 0) is 41.6 Å². The van der Waals surface area contributed by atoms with Gasteiger partial charge in [0, 0.05) is 0 Å². The van der Waals surface area contributed by atoms with Crippen molar-refractivity contribution in [3.63, 3.8) is 0 Å². The zero-order valence-electron chi connectivity index (χ0n) is 7.61. The van der Waals surface area contributed by atoms with E-state index in [-0.39, 0.29) is 6.10 Å². The lowest BCUT2D eigenvalue weighted by atomic mass is 9.84. The molecule has 0 bridgehead atoms. The van der Waals surface area contributed by atoms with Crippen molar-refractivity contribution < 1.29 is 10.2 Å². The highest BCUT2D eigenvalue weighted by Gasteiger charge is 2.36. The van der Waals surface area contributed by atoms with Crippen LogP contribution in [-0.4, -0.2) is 21.3 Å². The molecule has 0 amide bonds. The standard InChI is InChI=1S/C9H12BrNO2S/c10-7-5-11-8(14-7)9(13)3-1-6(12)2-4-9/h5-6,12-13H,1-4H2/t6-,9+. The Kier molecular flexibility index (Phi) is 2.93. The number of nitrogens with zero attached hydrogens (tertiary/aromatic N) is 1. The van der Waals surface area contributed by atoms with E-state index in [4.69, 9.17) is 0 Å². The van der Waals surface area contributed by atoms with Crippen LogP contribution in [-0.2, 0) is 5.60 Å². The van der Waals surface area contributed by atoms with E-state index in [2.05, 4.69) is 20.9 Å². The van der Waals surface area contributed by atoms with Crippen LogP contribution in [0.25, 0.3) is 0 Å². The summed E-state index contributed by atoms with van der Waals surface area (Å²) in [5.74, 6) is 0. The molecular formula is C9H12BrNO2S. The largest absolute Gasteiger partial charge is 0.393 e. The van der Waals surface area contributed by atoms with Gasteiger partial charge in [-0.15, -0.1) is 11.3 Å². The molecule has 1 aromatic heterocycles. The van der Waals surface area contributed by atoms with Crippen molar-refractivity contribution in [3.05, 3.63) is 15.0 Å². The molecule has 0 spiro atoms. The number of aliphatic hydroxyl groups is 2. The number of aromatic nitrogens is 1. The second-order valence-corrected chi connectivity index (χ2v) is 6.14. The quantitative estimate of drug-likeness (QED) is 0.826. The second kappa shape index (κ2) is 3.89. The van der Waals surface area contributed by atoms with E-state index in [1.165, 1.54) is 11.3 Å². The molecule has 1 heterocycles. The van der Waals surface area contributed by atoms with Gasteiger partial charge in [0.2, 0.25) is 0 Å². The number of rotatable bonds is 1. The van der Waals surface area contributed by atoms with Crippen LogP contribution in [0.5, 0.6) is 0 Å². The van der Waals surface area contributed by atoms with Crippen molar-refractivity contribution in [2.24, 2.45) is 0 Å². The minimum Gasteiger partial charge on any atom is -0.393 e. The van der Waals surface area contributed by atoms with Crippen LogP contribution < -0.4 is 0 Å². The summed E-state index contributed by atoms with van der Waals surface area (Å²) in [5.41, 5.74) is -0.810. The van der Waals surface area contributed by atoms with Gasteiger partial charge >= 0.3 is 0 Å². The summed E-state index contributed by atoms with van der Waals surface area (Å²) in [4.78, 5) is 4.18. The molecule has 0 aliphatic heterocycles. The summed E-state index contributed by atoms with van der Waals surface area (Å²) in [6.45, 7) is 0. The first-order valence-electron chi connectivity index (χ1n) is 4.62. The number of thiazole rings is 1. The van der Waals surface area contributed by atoms with E-state index in [1.807, 2.05) is 0 Å². The van der Waals surface area contributed by atoms with E-state index in [0.717, 1.165) is 8.79 Å². The van der Waals surface area contributed by atoms with E-state index in [0.29, 0.717) is 25.7 Å². The molecular weight excluding hydrogens is 266 g/mol. The number of hydrogen-bond donors (Lipinski definition) is 2. The Morgan fingerprint density at radius 2 is 2.14 bits per heavy atom. The summed E-state index contributed by atoms with van der Waals surface area (Å²) in [6, 6.07) is 0. The molecule has 78 valence electrons. The molecule has 1 aliphatic rings. The summed E-state index contributed by atoms with van der Waals surface area (Å²) in [6.07, 6.45) is 3.99. The monoisotopic (exact) mass is 277 g/mol. The molecule has 0 radical (unpaired) electrons. The van der Waals surface area contributed by atoms with Crippen molar-refractivity contribution in [1.82, 2.24) is 4.98 Å². The van der Waals surface area contributed by atoms with Crippen molar-refractivity contribution >= 4 is 27.3 Å². The van der Waals surface area contributed by atoms with Crippen molar-refractivity contribution in [1.29, 1.82) is 0 Å². The summed E-state index contributed by atoms with van der Waals surface area (Å²) < 4.78 is 0.937. The normalized spacial score (nSPS) is 33.2. The van der Waals surface area contributed by atoms with Gasteiger partial charge in [-0.3, -0.25) is 0 Å². The van der Waals surface area contributed by atoms with E-state index < -0.39 is 5.60 Å². The van der Waals surface area contributed by atoms with Crippen molar-refractivity contribution in [2.75, 3.05) is 0 Å². The molecule has 0 atom stereocenters. The molecule has 14 heavy (non-hydrogen) atoms. The summed E-state index contributed by atoms with van der Waals surface area (Å²) in [5, 5.41) is 20.4. The first kappa shape index (κ1) is 10.5. The highest BCUT2D eigenvalue weighted by molar-refractivity contribution is 9.11. The summed E-state index contributed by atoms with van der Waals surface area (Å²) in [7, 11) is 0. The topological polar surface area (TPSA) is 53.4 Å². The van der Waals surface area contributed by atoms with Crippen LogP contribution in [0.3, 0.4) is 0 Å². The van der Waals surface area contributed by atoms with Gasteiger partial charge in [-0.2, -0.15) is 0 Å². The Morgan fingerprint density at radius 3 is 2.64 bits per heavy atom. The Hall–Kier alpha value is 0.0300. The van der Waals surface area contributed by atoms with Crippen molar-refractivity contribution in [3.8, 4) is 0 Å². The lowest BCUT2D eigenvalue weighted by Crippen LogP contribution is -2.33. The minimum atomic E-state index is -0.810. The average Bonchev–Trinajstić information content (AvgIpc) is 2.58. The zero-order chi connectivity index (χ0) is 10.2. The Labute approximate surface area is 94.9 Å². The lowest BCUT2D eigenvalue weighted by Gasteiger charge is -2.32. The fourth-order valence-electron chi connectivity index (χ4n) is 1.76. The molecule has 0 saturated heterocycles. The SMILES string of the molecule is O[C@H]1CC[C@](O)(c2ncc(Br)s2)CC1.